The van der Waals surface area contributed by atoms with Crippen LogP contribution in [0.5, 0.6) is 5.75 Å². The van der Waals surface area contributed by atoms with Crippen LogP contribution in [0.25, 0.3) is 10.8 Å². The topological polar surface area (TPSA) is 120 Å². The van der Waals surface area contributed by atoms with Crippen molar-refractivity contribution in [1.82, 2.24) is 0 Å². The predicted molar refractivity (Wildman–Crippen MR) is 124 cm³/mol. The zero-order chi connectivity index (χ0) is 24.0. The van der Waals surface area contributed by atoms with Gasteiger partial charge in [-0.25, -0.2) is 13.2 Å². The van der Waals surface area contributed by atoms with E-state index < -0.39 is 28.0 Å². The molecule has 10 heteroatoms. The van der Waals surface area contributed by atoms with Gasteiger partial charge in [-0.05, 0) is 36.4 Å². The van der Waals surface area contributed by atoms with E-state index >= 15 is 0 Å². The molecule has 0 heterocycles. The number of fused-ring (bicyclic) bond motifs is 1. The van der Waals surface area contributed by atoms with Crippen LogP contribution in [0.4, 0.5) is 11.4 Å². The van der Waals surface area contributed by atoms with Gasteiger partial charge in [-0.1, -0.05) is 24.3 Å². The molecule has 0 aliphatic carbocycles. The second kappa shape index (κ2) is 10.2. The fourth-order valence-electron chi connectivity index (χ4n) is 3.25. The van der Waals surface area contributed by atoms with Gasteiger partial charge in [0.1, 0.15) is 11.8 Å². The normalized spacial score (nSPS) is 12.0. The molecule has 0 radical (unpaired) electrons. The van der Waals surface area contributed by atoms with Crippen molar-refractivity contribution >= 4 is 44.1 Å². The second-order valence-corrected chi connectivity index (χ2v) is 8.67. The summed E-state index contributed by atoms with van der Waals surface area (Å²) in [5, 5.41) is 4.25. The molecule has 0 saturated heterocycles. The minimum Gasteiger partial charge on any atom is -0.497 e. The quantitative estimate of drug-likeness (QED) is 0.456. The summed E-state index contributed by atoms with van der Waals surface area (Å²) >= 11 is 0. The van der Waals surface area contributed by atoms with Crippen LogP contribution in [0.3, 0.4) is 0 Å². The van der Waals surface area contributed by atoms with Gasteiger partial charge in [0, 0.05) is 16.5 Å². The Bertz CT molecular complexity index is 1260. The van der Waals surface area contributed by atoms with Crippen LogP contribution < -0.4 is 14.8 Å². The highest BCUT2D eigenvalue weighted by atomic mass is 32.2. The Balaban J connectivity index is 1.96. The minimum atomic E-state index is -3.86. The monoisotopic (exact) mass is 472 g/mol. The van der Waals surface area contributed by atoms with Crippen molar-refractivity contribution in [3.63, 3.8) is 0 Å². The van der Waals surface area contributed by atoms with Gasteiger partial charge in [0.2, 0.25) is 0 Å². The third-order valence-electron chi connectivity index (χ3n) is 4.95. The van der Waals surface area contributed by atoms with Gasteiger partial charge in [-0.15, -0.1) is 0 Å². The lowest BCUT2D eigenvalue weighted by Gasteiger charge is -2.19. The van der Waals surface area contributed by atoms with Gasteiger partial charge in [0.15, 0.2) is 0 Å². The Morgan fingerprint density at radius 1 is 0.848 bits per heavy atom. The van der Waals surface area contributed by atoms with E-state index in [-0.39, 0.29) is 11.3 Å². The van der Waals surface area contributed by atoms with E-state index in [0.29, 0.717) is 27.9 Å². The van der Waals surface area contributed by atoms with Crippen LogP contribution >= 0.6 is 0 Å². The Morgan fingerprint density at radius 3 is 2.03 bits per heavy atom. The van der Waals surface area contributed by atoms with Crippen LogP contribution in [-0.2, 0) is 29.1 Å². The number of benzene rings is 3. The summed E-state index contributed by atoms with van der Waals surface area (Å²) in [4.78, 5) is 24.0. The van der Waals surface area contributed by atoms with E-state index in [1.54, 1.807) is 48.5 Å². The van der Waals surface area contributed by atoms with Crippen LogP contribution in [0.15, 0.2) is 65.6 Å². The first-order valence-electron chi connectivity index (χ1n) is 9.89. The van der Waals surface area contributed by atoms with Gasteiger partial charge in [0.05, 0.1) is 38.3 Å². The molecule has 9 nitrogen and oxygen atoms in total. The summed E-state index contributed by atoms with van der Waals surface area (Å²) in [6, 6.07) is 15.3. The van der Waals surface area contributed by atoms with Crippen LogP contribution in [0.2, 0.25) is 0 Å². The molecule has 0 saturated carbocycles. The number of hydrogen-bond acceptors (Lipinski definition) is 8. The first-order valence-corrected chi connectivity index (χ1v) is 11.4. The molecule has 0 spiro atoms. The summed E-state index contributed by atoms with van der Waals surface area (Å²) < 4.78 is 43.0. The van der Waals surface area contributed by atoms with E-state index in [1.807, 2.05) is 0 Å². The number of hydrogen-bond donors (Lipinski definition) is 2. The zero-order valence-electron chi connectivity index (χ0n) is 18.3. The number of sulfonamides is 1. The average Bonchev–Trinajstić information content (AvgIpc) is 2.84. The van der Waals surface area contributed by atoms with Crippen molar-refractivity contribution in [3.05, 3.63) is 60.7 Å². The molecule has 0 aliphatic heterocycles. The molecule has 33 heavy (non-hydrogen) atoms. The lowest BCUT2D eigenvalue weighted by atomic mass is 10.1. The Labute approximate surface area is 191 Å². The van der Waals surface area contributed by atoms with E-state index in [4.69, 9.17) is 9.47 Å². The predicted octanol–water partition coefficient (Wildman–Crippen LogP) is 3.17. The number of methoxy groups -OCH3 is 3. The smallest absolute Gasteiger partial charge is 0.328 e. The number of esters is 2. The van der Waals surface area contributed by atoms with Crippen molar-refractivity contribution in [2.75, 3.05) is 31.4 Å². The summed E-state index contributed by atoms with van der Waals surface area (Å²) in [6.07, 6.45) is -0.233. The number of rotatable bonds is 9. The third kappa shape index (κ3) is 5.53. The van der Waals surface area contributed by atoms with Crippen LogP contribution in [0, 0.1) is 0 Å². The van der Waals surface area contributed by atoms with Gasteiger partial charge < -0.3 is 19.5 Å². The van der Waals surface area contributed by atoms with Crippen molar-refractivity contribution in [2.24, 2.45) is 0 Å². The number of anilines is 2. The highest BCUT2D eigenvalue weighted by Crippen LogP contribution is 2.32. The number of carbonyl (C=O) groups is 2. The van der Waals surface area contributed by atoms with Crippen molar-refractivity contribution in [3.8, 4) is 5.75 Å². The maximum atomic E-state index is 12.9. The highest BCUT2D eigenvalue weighted by Gasteiger charge is 2.24. The van der Waals surface area contributed by atoms with Crippen molar-refractivity contribution < 1.29 is 32.2 Å². The van der Waals surface area contributed by atoms with Gasteiger partial charge in [-0.3, -0.25) is 9.52 Å². The molecule has 1 unspecified atom stereocenters. The average molecular weight is 473 g/mol. The molecule has 174 valence electrons. The van der Waals surface area contributed by atoms with Crippen molar-refractivity contribution in [2.45, 2.75) is 17.4 Å². The molecular formula is C23H24N2O7S. The first kappa shape index (κ1) is 23.9. The summed E-state index contributed by atoms with van der Waals surface area (Å²) in [6.45, 7) is 0. The Hall–Kier alpha value is -3.79. The highest BCUT2D eigenvalue weighted by molar-refractivity contribution is 7.92. The third-order valence-corrected chi connectivity index (χ3v) is 6.33. The van der Waals surface area contributed by atoms with E-state index in [1.165, 1.54) is 33.5 Å². The Morgan fingerprint density at radius 2 is 1.45 bits per heavy atom. The molecule has 3 aromatic rings. The van der Waals surface area contributed by atoms with Gasteiger partial charge in [-0.2, -0.15) is 0 Å². The SMILES string of the molecule is COC(=O)CC(Nc1ccc(NS(=O)(=O)c2ccc(OC)cc2)c2ccccc12)C(=O)OC. The minimum absolute atomic E-state index is 0.0819. The lowest BCUT2D eigenvalue weighted by molar-refractivity contribution is -0.148. The van der Waals surface area contributed by atoms with Crippen LogP contribution in [0.1, 0.15) is 6.42 Å². The molecule has 3 aromatic carbocycles. The largest absolute Gasteiger partial charge is 0.497 e. The standard InChI is InChI=1S/C23H24N2O7S/c1-30-15-8-10-16(11-9-15)33(28,29)25-20-13-12-19(17-6-4-5-7-18(17)20)24-21(23(27)32-3)14-22(26)31-2/h4-13,21,24-25H,14H2,1-3H3. The summed E-state index contributed by atoms with van der Waals surface area (Å²) in [7, 11) is 0.0934. The molecule has 3 rings (SSSR count). The van der Waals surface area contributed by atoms with E-state index in [2.05, 4.69) is 14.8 Å². The van der Waals surface area contributed by atoms with E-state index in [9.17, 15) is 18.0 Å². The zero-order valence-corrected chi connectivity index (χ0v) is 19.1. The molecule has 0 aromatic heterocycles. The molecule has 0 bridgehead atoms. The molecule has 0 aliphatic rings. The fourth-order valence-corrected chi connectivity index (χ4v) is 4.33. The second-order valence-electron chi connectivity index (χ2n) is 6.99. The fraction of sp³-hybridized carbons (Fsp3) is 0.217. The first-order chi connectivity index (χ1) is 15.8. The molecule has 1 atom stereocenters. The number of carbonyl (C=O) groups excluding carboxylic acids is 2. The molecular weight excluding hydrogens is 448 g/mol. The maximum Gasteiger partial charge on any atom is 0.328 e. The number of ether oxygens (including phenoxy) is 3. The lowest BCUT2D eigenvalue weighted by Crippen LogP contribution is -2.33. The Kier molecular flexibility index (Phi) is 7.39. The van der Waals surface area contributed by atoms with Crippen LogP contribution in [-0.4, -0.2) is 47.7 Å². The molecule has 2 N–H and O–H groups in total. The van der Waals surface area contributed by atoms with Crippen molar-refractivity contribution in [1.29, 1.82) is 0 Å². The maximum absolute atomic E-state index is 12.9. The molecule has 0 amide bonds. The number of nitrogens with one attached hydrogen (secondary N) is 2. The summed E-state index contributed by atoms with van der Waals surface area (Å²) in [5.41, 5.74) is 0.881. The van der Waals surface area contributed by atoms with Gasteiger partial charge in [0.25, 0.3) is 10.0 Å². The van der Waals surface area contributed by atoms with E-state index in [0.717, 1.165) is 0 Å². The molecule has 0 fully saturated rings. The van der Waals surface area contributed by atoms with Gasteiger partial charge >= 0.3 is 11.9 Å². The summed E-state index contributed by atoms with van der Waals surface area (Å²) in [5.74, 6) is -0.665.